The van der Waals surface area contributed by atoms with Gasteiger partial charge in [0.15, 0.2) is 0 Å². The molecule has 12 heavy (non-hydrogen) atoms. The summed E-state index contributed by atoms with van der Waals surface area (Å²) in [5.41, 5.74) is 1.15. The molecule has 0 aliphatic heterocycles. The molecule has 1 aromatic heterocycles. The van der Waals surface area contributed by atoms with Crippen LogP contribution in [0.25, 0.3) is 0 Å². The second-order valence-corrected chi connectivity index (χ2v) is 2.96. The minimum Gasteiger partial charge on any atom is -0.378 e. The molecule has 1 aromatic rings. The van der Waals surface area contributed by atoms with E-state index in [9.17, 15) is 0 Å². The van der Waals surface area contributed by atoms with Crippen LogP contribution in [0.1, 0.15) is 32.0 Å². The van der Waals surface area contributed by atoms with E-state index in [1.54, 1.807) is 7.11 Å². The van der Waals surface area contributed by atoms with Gasteiger partial charge in [-0.2, -0.15) is 5.10 Å². The van der Waals surface area contributed by atoms with Gasteiger partial charge >= 0.3 is 0 Å². The third kappa shape index (κ3) is 1.85. The summed E-state index contributed by atoms with van der Waals surface area (Å²) in [6.07, 6.45) is 2.92. The van der Waals surface area contributed by atoms with Gasteiger partial charge in [0, 0.05) is 19.3 Å². The molecule has 1 atom stereocenters. The van der Waals surface area contributed by atoms with Gasteiger partial charge in [0.05, 0.1) is 12.3 Å². The van der Waals surface area contributed by atoms with Crippen molar-refractivity contribution in [3.8, 4) is 0 Å². The minimum absolute atomic E-state index is 0.463. The van der Waals surface area contributed by atoms with E-state index in [4.69, 9.17) is 4.74 Å². The van der Waals surface area contributed by atoms with Crippen LogP contribution in [0, 0.1) is 0 Å². The second kappa shape index (κ2) is 4.26. The smallest absolute Gasteiger partial charge is 0.0881 e. The molecule has 3 nitrogen and oxygen atoms in total. The van der Waals surface area contributed by atoms with Crippen molar-refractivity contribution < 1.29 is 4.74 Å². The van der Waals surface area contributed by atoms with Gasteiger partial charge < -0.3 is 4.74 Å². The van der Waals surface area contributed by atoms with Gasteiger partial charge in [0.25, 0.3) is 0 Å². The summed E-state index contributed by atoms with van der Waals surface area (Å²) in [6, 6.07) is 2.46. The predicted octanol–water partition coefficient (Wildman–Crippen LogP) is 2.00. The summed E-state index contributed by atoms with van der Waals surface area (Å²) >= 11 is 0. The lowest BCUT2D eigenvalue weighted by Gasteiger charge is -2.12. The number of aromatic nitrogens is 2. The Morgan fingerprint density at radius 1 is 1.67 bits per heavy atom. The zero-order chi connectivity index (χ0) is 8.97. The first kappa shape index (κ1) is 9.26. The Labute approximate surface area is 73.3 Å². The topological polar surface area (TPSA) is 27.1 Å². The highest BCUT2D eigenvalue weighted by molar-refractivity contribution is 4.99. The van der Waals surface area contributed by atoms with E-state index in [1.807, 2.05) is 16.9 Å². The predicted molar refractivity (Wildman–Crippen MR) is 47.9 cm³/mol. The maximum absolute atomic E-state index is 5.06. The van der Waals surface area contributed by atoms with Gasteiger partial charge in [-0.3, -0.25) is 4.68 Å². The highest BCUT2D eigenvalue weighted by Gasteiger charge is 2.06. The third-order valence-electron chi connectivity index (χ3n) is 2.05. The quantitative estimate of drug-likeness (QED) is 0.687. The average molecular weight is 168 g/mol. The lowest BCUT2D eigenvalue weighted by Crippen LogP contribution is -2.10. The molecular weight excluding hydrogens is 152 g/mol. The molecule has 3 heteroatoms. The minimum atomic E-state index is 0.463. The number of nitrogens with zero attached hydrogens (tertiary/aromatic N) is 2. The van der Waals surface area contributed by atoms with E-state index in [-0.39, 0.29) is 0 Å². The fourth-order valence-electron chi connectivity index (χ4n) is 1.17. The molecule has 0 unspecified atom stereocenters. The number of ether oxygens (including phenoxy) is 1. The zero-order valence-electron chi connectivity index (χ0n) is 7.95. The van der Waals surface area contributed by atoms with Crippen LogP contribution in [0.2, 0.25) is 0 Å². The fraction of sp³-hybridized carbons (Fsp3) is 0.667. The first-order valence-corrected chi connectivity index (χ1v) is 4.31. The number of hydrogen-bond donors (Lipinski definition) is 0. The van der Waals surface area contributed by atoms with Gasteiger partial charge in [-0.15, -0.1) is 0 Å². The molecule has 0 saturated carbocycles. The van der Waals surface area contributed by atoms with Crippen molar-refractivity contribution in [2.45, 2.75) is 32.9 Å². The van der Waals surface area contributed by atoms with Crippen LogP contribution in [0.3, 0.4) is 0 Å². The number of methoxy groups -OCH3 is 1. The molecule has 0 fully saturated rings. The maximum Gasteiger partial charge on any atom is 0.0881 e. The zero-order valence-corrected chi connectivity index (χ0v) is 7.95. The lowest BCUT2D eigenvalue weighted by atomic mass is 10.2. The van der Waals surface area contributed by atoms with Crippen molar-refractivity contribution in [3.63, 3.8) is 0 Å². The van der Waals surface area contributed by atoms with Gasteiger partial charge in [-0.05, 0) is 19.4 Å². The molecule has 68 valence electrons. The van der Waals surface area contributed by atoms with Crippen LogP contribution >= 0.6 is 0 Å². The summed E-state index contributed by atoms with van der Waals surface area (Å²) in [4.78, 5) is 0. The van der Waals surface area contributed by atoms with Crippen molar-refractivity contribution in [2.75, 3.05) is 7.11 Å². The summed E-state index contributed by atoms with van der Waals surface area (Å²) in [5, 5.41) is 4.24. The molecular formula is C9H16N2O. The molecule has 1 rings (SSSR count). The van der Waals surface area contributed by atoms with Crippen LogP contribution in [-0.2, 0) is 11.3 Å². The normalized spacial score (nSPS) is 13.2. The van der Waals surface area contributed by atoms with Crippen molar-refractivity contribution in [1.29, 1.82) is 0 Å². The average Bonchev–Trinajstić information content (AvgIpc) is 2.52. The Bertz CT molecular complexity index is 232. The molecule has 0 radical (unpaired) electrons. The summed E-state index contributed by atoms with van der Waals surface area (Å²) in [7, 11) is 1.70. The van der Waals surface area contributed by atoms with E-state index < -0.39 is 0 Å². The molecule has 0 aromatic carbocycles. The van der Waals surface area contributed by atoms with Crippen LogP contribution in [0.15, 0.2) is 12.3 Å². The van der Waals surface area contributed by atoms with Gasteiger partial charge in [-0.25, -0.2) is 0 Å². The van der Waals surface area contributed by atoms with E-state index in [1.165, 1.54) is 0 Å². The standard InChI is InChI=1S/C9H16N2O/c1-4-8(2)11-9(7-12-3)5-6-10-11/h5-6,8H,4,7H2,1-3H3/t8-/m1/s1. The molecule has 1 heterocycles. The van der Waals surface area contributed by atoms with Crippen molar-refractivity contribution in [3.05, 3.63) is 18.0 Å². The highest BCUT2D eigenvalue weighted by Crippen LogP contribution is 2.12. The van der Waals surface area contributed by atoms with E-state index >= 15 is 0 Å². The molecule has 0 amide bonds. The van der Waals surface area contributed by atoms with Crippen LogP contribution in [0.5, 0.6) is 0 Å². The molecule has 0 bridgehead atoms. The molecule has 0 saturated heterocycles. The Hall–Kier alpha value is -0.830. The van der Waals surface area contributed by atoms with Crippen LogP contribution in [-0.4, -0.2) is 16.9 Å². The monoisotopic (exact) mass is 168 g/mol. The van der Waals surface area contributed by atoms with Crippen molar-refractivity contribution in [2.24, 2.45) is 0 Å². The first-order valence-electron chi connectivity index (χ1n) is 4.31. The SMILES string of the molecule is CC[C@@H](C)n1nccc1COC. The van der Waals surface area contributed by atoms with Crippen LogP contribution in [0.4, 0.5) is 0 Å². The molecule has 0 aliphatic rings. The van der Waals surface area contributed by atoms with E-state index in [2.05, 4.69) is 18.9 Å². The number of hydrogen-bond acceptors (Lipinski definition) is 2. The van der Waals surface area contributed by atoms with Gasteiger partial charge in [0.1, 0.15) is 0 Å². The number of rotatable bonds is 4. The largest absolute Gasteiger partial charge is 0.378 e. The third-order valence-corrected chi connectivity index (χ3v) is 2.05. The Kier molecular flexibility index (Phi) is 3.29. The highest BCUT2D eigenvalue weighted by atomic mass is 16.5. The van der Waals surface area contributed by atoms with Crippen molar-refractivity contribution in [1.82, 2.24) is 9.78 Å². The summed E-state index contributed by atoms with van der Waals surface area (Å²) in [6.45, 7) is 4.96. The second-order valence-electron chi connectivity index (χ2n) is 2.96. The van der Waals surface area contributed by atoms with E-state index in [0.717, 1.165) is 12.1 Å². The van der Waals surface area contributed by atoms with Gasteiger partial charge in [-0.1, -0.05) is 6.92 Å². The summed E-state index contributed by atoms with van der Waals surface area (Å²) in [5.74, 6) is 0. The first-order chi connectivity index (χ1) is 5.79. The Balaban J connectivity index is 2.76. The summed E-state index contributed by atoms with van der Waals surface area (Å²) < 4.78 is 7.08. The van der Waals surface area contributed by atoms with Gasteiger partial charge in [0.2, 0.25) is 0 Å². The van der Waals surface area contributed by atoms with E-state index in [0.29, 0.717) is 12.6 Å². The lowest BCUT2D eigenvalue weighted by molar-refractivity contribution is 0.174. The fourth-order valence-corrected chi connectivity index (χ4v) is 1.17. The Morgan fingerprint density at radius 2 is 2.42 bits per heavy atom. The van der Waals surface area contributed by atoms with Crippen molar-refractivity contribution >= 4 is 0 Å². The van der Waals surface area contributed by atoms with Crippen LogP contribution < -0.4 is 0 Å². The molecule has 0 spiro atoms. The molecule has 0 aliphatic carbocycles. The Morgan fingerprint density at radius 3 is 3.00 bits per heavy atom. The maximum atomic E-state index is 5.06. The molecule has 0 N–H and O–H groups in total.